The molecule has 1 aromatic heterocycles. The molecule has 0 aliphatic rings. The molecule has 0 amide bonds. The van der Waals surface area contributed by atoms with Crippen molar-refractivity contribution in [1.29, 1.82) is 0 Å². The van der Waals surface area contributed by atoms with Crippen LogP contribution in [0.2, 0.25) is 0 Å². The summed E-state index contributed by atoms with van der Waals surface area (Å²) in [5.41, 5.74) is 6.17. The maximum absolute atomic E-state index is 5.51. The second-order valence-electron chi connectivity index (χ2n) is 3.27. The van der Waals surface area contributed by atoms with Gasteiger partial charge in [-0.2, -0.15) is 11.8 Å². The van der Waals surface area contributed by atoms with E-state index < -0.39 is 0 Å². The minimum absolute atomic E-state index is 0.330. The number of hydrogen-bond donors (Lipinski definition) is 2. The van der Waals surface area contributed by atoms with Crippen LogP contribution in [0.1, 0.15) is 12.6 Å². The average molecular weight is 241 g/mol. The molecular weight excluding hydrogens is 226 g/mol. The Hall–Kier alpha value is -0.810. The fourth-order valence-corrected chi connectivity index (χ4v) is 1.89. The molecule has 0 aliphatic heterocycles. The first-order valence-electron chi connectivity index (χ1n) is 4.66. The first-order chi connectivity index (χ1) is 7.13. The van der Waals surface area contributed by atoms with Gasteiger partial charge in [0.1, 0.15) is 10.8 Å². The van der Waals surface area contributed by atoms with Crippen molar-refractivity contribution in [2.45, 2.75) is 13.0 Å². The Kier molecular flexibility index (Phi) is 4.84. The van der Waals surface area contributed by atoms with Gasteiger partial charge in [0.25, 0.3) is 0 Å². The van der Waals surface area contributed by atoms with E-state index in [1.54, 1.807) is 11.8 Å². The highest BCUT2D eigenvalue weighted by molar-refractivity contribution is 7.98. The second kappa shape index (κ2) is 5.92. The summed E-state index contributed by atoms with van der Waals surface area (Å²) in [6.07, 6.45) is 2.08. The van der Waals surface area contributed by atoms with Crippen LogP contribution in [0, 0.1) is 0 Å². The number of nitrogens with zero attached hydrogens (tertiary/aromatic N) is 1. The molecule has 0 spiro atoms. The van der Waals surface area contributed by atoms with E-state index in [0.29, 0.717) is 16.7 Å². The first-order valence-corrected chi connectivity index (χ1v) is 6.46. The summed E-state index contributed by atoms with van der Waals surface area (Å²) in [4.78, 5) is 4.64. The number of aromatic nitrogens is 1. The van der Waals surface area contributed by atoms with Crippen molar-refractivity contribution in [3.05, 3.63) is 23.9 Å². The summed E-state index contributed by atoms with van der Waals surface area (Å²) in [6.45, 7) is 2.12. The average Bonchev–Trinajstić information content (AvgIpc) is 2.18. The van der Waals surface area contributed by atoms with E-state index in [1.165, 1.54) is 0 Å². The van der Waals surface area contributed by atoms with Gasteiger partial charge in [-0.3, -0.25) is 0 Å². The normalized spacial score (nSPS) is 12.1. The fraction of sp³-hybridized carbons (Fsp3) is 0.400. The van der Waals surface area contributed by atoms with Gasteiger partial charge in [0.05, 0.1) is 5.69 Å². The standard InChI is InChI=1S/C10H15N3S2/c1-7(6-15-2)12-9-5-3-4-8(13-9)10(11)14/h3-5,7H,6H2,1-2H3,(H2,11,14)(H,12,13). The van der Waals surface area contributed by atoms with E-state index >= 15 is 0 Å². The molecule has 0 radical (unpaired) electrons. The van der Waals surface area contributed by atoms with Crippen molar-refractivity contribution in [3.8, 4) is 0 Å². The molecule has 3 N–H and O–H groups in total. The largest absolute Gasteiger partial charge is 0.388 e. The molecular formula is C10H15N3S2. The maximum atomic E-state index is 5.51. The van der Waals surface area contributed by atoms with Crippen LogP contribution in [0.4, 0.5) is 5.82 Å². The van der Waals surface area contributed by atoms with E-state index in [1.807, 2.05) is 18.2 Å². The highest BCUT2D eigenvalue weighted by Gasteiger charge is 2.03. The molecule has 0 aliphatic carbocycles. The summed E-state index contributed by atoms with van der Waals surface area (Å²) in [7, 11) is 0. The molecule has 0 aromatic carbocycles. The van der Waals surface area contributed by atoms with E-state index in [2.05, 4.69) is 23.5 Å². The van der Waals surface area contributed by atoms with Crippen LogP contribution in [-0.2, 0) is 0 Å². The smallest absolute Gasteiger partial charge is 0.126 e. The van der Waals surface area contributed by atoms with Crippen molar-refractivity contribution < 1.29 is 0 Å². The van der Waals surface area contributed by atoms with Gasteiger partial charge in [-0.15, -0.1) is 0 Å². The Morgan fingerprint density at radius 1 is 1.67 bits per heavy atom. The SMILES string of the molecule is CSCC(C)Nc1cccc(C(N)=S)n1. The highest BCUT2D eigenvalue weighted by atomic mass is 32.2. The molecule has 5 heteroatoms. The van der Waals surface area contributed by atoms with Crippen molar-refractivity contribution >= 4 is 34.8 Å². The molecule has 1 heterocycles. The predicted octanol–water partition coefficient (Wildman–Crippen LogP) is 1.88. The monoisotopic (exact) mass is 241 g/mol. The molecule has 1 aromatic rings. The van der Waals surface area contributed by atoms with E-state index in [4.69, 9.17) is 18.0 Å². The quantitative estimate of drug-likeness (QED) is 0.771. The number of nitrogens with one attached hydrogen (secondary N) is 1. The van der Waals surface area contributed by atoms with Crippen LogP contribution in [0.3, 0.4) is 0 Å². The highest BCUT2D eigenvalue weighted by Crippen LogP contribution is 2.08. The molecule has 0 fully saturated rings. The van der Waals surface area contributed by atoms with Crippen molar-refractivity contribution in [2.24, 2.45) is 5.73 Å². The Balaban J connectivity index is 2.69. The van der Waals surface area contributed by atoms with Crippen LogP contribution < -0.4 is 11.1 Å². The minimum Gasteiger partial charge on any atom is -0.388 e. The summed E-state index contributed by atoms with van der Waals surface area (Å²) in [5, 5.41) is 3.29. The summed E-state index contributed by atoms with van der Waals surface area (Å²) >= 11 is 6.67. The molecule has 3 nitrogen and oxygen atoms in total. The van der Waals surface area contributed by atoms with Crippen LogP contribution in [0.15, 0.2) is 18.2 Å². The van der Waals surface area contributed by atoms with E-state index in [-0.39, 0.29) is 0 Å². The topological polar surface area (TPSA) is 50.9 Å². The second-order valence-corrected chi connectivity index (χ2v) is 4.62. The molecule has 1 rings (SSSR count). The molecule has 0 saturated heterocycles. The third-order valence-corrected chi connectivity index (χ3v) is 2.85. The number of rotatable bonds is 5. The Morgan fingerprint density at radius 3 is 3.00 bits per heavy atom. The lowest BCUT2D eigenvalue weighted by atomic mass is 10.3. The number of nitrogens with two attached hydrogens (primary N) is 1. The zero-order valence-electron chi connectivity index (χ0n) is 8.86. The van der Waals surface area contributed by atoms with Crippen molar-refractivity contribution in [1.82, 2.24) is 4.98 Å². The van der Waals surface area contributed by atoms with Crippen LogP contribution in [0.25, 0.3) is 0 Å². The zero-order valence-corrected chi connectivity index (χ0v) is 10.5. The van der Waals surface area contributed by atoms with Gasteiger partial charge in [0, 0.05) is 11.8 Å². The van der Waals surface area contributed by atoms with Gasteiger partial charge in [-0.05, 0) is 25.3 Å². The van der Waals surface area contributed by atoms with Crippen molar-refractivity contribution in [3.63, 3.8) is 0 Å². The fourth-order valence-electron chi connectivity index (χ4n) is 1.20. The minimum atomic E-state index is 0.330. The van der Waals surface area contributed by atoms with Gasteiger partial charge in [-0.25, -0.2) is 4.98 Å². The molecule has 0 bridgehead atoms. The zero-order chi connectivity index (χ0) is 11.3. The van der Waals surface area contributed by atoms with Crippen LogP contribution >= 0.6 is 24.0 Å². The summed E-state index contributed by atoms with van der Waals surface area (Å²) in [5.74, 6) is 1.86. The maximum Gasteiger partial charge on any atom is 0.126 e. The Labute approximate surface area is 99.8 Å². The van der Waals surface area contributed by atoms with Gasteiger partial charge in [-0.1, -0.05) is 18.3 Å². The molecule has 82 valence electrons. The molecule has 15 heavy (non-hydrogen) atoms. The van der Waals surface area contributed by atoms with E-state index in [9.17, 15) is 0 Å². The van der Waals surface area contributed by atoms with Crippen LogP contribution in [0.5, 0.6) is 0 Å². The number of thioether (sulfide) groups is 1. The van der Waals surface area contributed by atoms with Gasteiger partial charge in [0.2, 0.25) is 0 Å². The van der Waals surface area contributed by atoms with Gasteiger partial charge in [0.15, 0.2) is 0 Å². The third-order valence-electron chi connectivity index (χ3n) is 1.81. The number of anilines is 1. The molecule has 0 saturated carbocycles. The lowest BCUT2D eigenvalue weighted by Crippen LogP contribution is -2.20. The first kappa shape index (κ1) is 12.3. The summed E-state index contributed by atoms with van der Waals surface area (Å²) < 4.78 is 0. The lowest BCUT2D eigenvalue weighted by molar-refractivity contribution is 0.903. The predicted molar refractivity (Wildman–Crippen MR) is 71.6 cm³/mol. The summed E-state index contributed by atoms with van der Waals surface area (Å²) in [6, 6.07) is 6.01. The van der Waals surface area contributed by atoms with Gasteiger partial charge >= 0.3 is 0 Å². The number of pyridine rings is 1. The number of hydrogen-bond acceptors (Lipinski definition) is 4. The Morgan fingerprint density at radius 2 is 2.40 bits per heavy atom. The third kappa shape index (κ3) is 4.05. The van der Waals surface area contributed by atoms with E-state index in [0.717, 1.165) is 11.6 Å². The van der Waals surface area contributed by atoms with Crippen molar-refractivity contribution in [2.75, 3.05) is 17.3 Å². The van der Waals surface area contributed by atoms with Gasteiger partial charge < -0.3 is 11.1 Å². The molecule has 1 atom stereocenters. The van der Waals surface area contributed by atoms with Crippen LogP contribution in [-0.4, -0.2) is 28.0 Å². The number of thiocarbonyl (C=S) groups is 1. The Bertz CT molecular complexity index is 341. The molecule has 1 unspecified atom stereocenters. The lowest BCUT2D eigenvalue weighted by Gasteiger charge is -2.13.